The molecule has 0 aliphatic rings. The molecule has 0 saturated carbocycles. The van der Waals surface area contributed by atoms with Gasteiger partial charge in [0.25, 0.3) is 0 Å². The van der Waals surface area contributed by atoms with Crippen LogP contribution in [0.25, 0.3) is 5.69 Å². The summed E-state index contributed by atoms with van der Waals surface area (Å²) in [5.74, 6) is -0.599. The predicted octanol–water partition coefficient (Wildman–Crippen LogP) is 2.61. The molecular weight excluding hydrogens is 238 g/mol. The molecule has 0 atom stereocenters. The van der Waals surface area contributed by atoms with Gasteiger partial charge in [0.2, 0.25) is 0 Å². The molecule has 0 saturated heterocycles. The molecule has 17 heavy (non-hydrogen) atoms. The van der Waals surface area contributed by atoms with Crippen LogP contribution in [0, 0.1) is 5.82 Å². The molecule has 90 valence electrons. The minimum atomic E-state index is -4.53. The fourth-order valence-electron chi connectivity index (χ4n) is 1.32. The number of nitrogen functional groups attached to an aromatic ring is 1. The van der Waals surface area contributed by atoms with E-state index in [0.717, 1.165) is 29.1 Å². The second-order valence-electron chi connectivity index (χ2n) is 3.35. The predicted molar refractivity (Wildman–Crippen MR) is 52.9 cm³/mol. The molecule has 3 nitrogen and oxygen atoms in total. The van der Waals surface area contributed by atoms with E-state index in [0.29, 0.717) is 0 Å². The standard InChI is InChI=1S/C10H7F4N3/c11-6-1-2-7(15)8(5-6)17-4-3-9(16-17)10(12,13)14/h1-5H,15H2. The Labute approximate surface area is 93.5 Å². The van der Waals surface area contributed by atoms with Gasteiger partial charge in [-0.1, -0.05) is 0 Å². The van der Waals surface area contributed by atoms with Gasteiger partial charge < -0.3 is 5.73 Å². The first-order chi connectivity index (χ1) is 7.88. The fourth-order valence-corrected chi connectivity index (χ4v) is 1.32. The van der Waals surface area contributed by atoms with Crippen molar-refractivity contribution >= 4 is 5.69 Å². The number of hydrogen-bond donors (Lipinski definition) is 1. The first kappa shape index (κ1) is 11.4. The van der Waals surface area contributed by atoms with E-state index in [1.165, 1.54) is 6.07 Å². The molecule has 2 aromatic rings. The van der Waals surface area contributed by atoms with Crippen LogP contribution >= 0.6 is 0 Å². The van der Waals surface area contributed by atoms with E-state index in [1.54, 1.807) is 0 Å². The SMILES string of the molecule is Nc1ccc(F)cc1-n1ccc(C(F)(F)F)n1. The Morgan fingerprint density at radius 2 is 1.88 bits per heavy atom. The maximum atomic E-state index is 13.0. The zero-order chi connectivity index (χ0) is 12.6. The number of nitrogens with zero attached hydrogens (tertiary/aromatic N) is 2. The zero-order valence-corrected chi connectivity index (χ0v) is 8.37. The lowest BCUT2D eigenvalue weighted by molar-refractivity contribution is -0.141. The van der Waals surface area contributed by atoms with Crippen LogP contribution in [0.15, 0.2) is 30.5 Å². The largest absolute Gasteiger partial charge is 0.435 e. The third-order valence-electron chi connectivity index (χ3n) is 2.12. The van der Waals surface area contributed by atoms with E-state index < -0.39 is 17.7 Å². The number of benzene rings is 1. The Balaban J connectivity index is 2.47. The smallest absolute Gasteiger partial charge is 0.397 e. The third kappa shape index (κ3) is 2.22. The molecule has 2 N–H and O–H groups in total. The molecular formula is C10H7F4N3. The van der Waals surface area contributed by atoms with Gasteiger partial charge in [0.1, 0.15) is 5.82 Å². The van der Waals surface area contributed by atoms with Gasteiger partial charge in [-0.25, -0.2) is 9.07 Å². The summed E-state index contributed by atoms with van der Waals surface area (Å²) in [4.78, 5) is 0. The summed E-state index contributed by atoms with van der Waals surface area (Å²) in [6.07, 6.45) is -3.46. The number of rotatable bonds is 1. The van der Waals surface area contributed by atoms with Crippen LogP contribution in [-0.4, -0.2) is 9.78 Å². The molecule has 0 amide bonds. The number of nitrogens with two attached hydrogens (primary N) is 1. The third-order valence-corrected chi connectivity index (χ3v) is 2.12. The Bertz CT molecular complexity index is 545. The lowest BCUT2D eigenvalue weighted by atomic mass is 10.2. The van der Waals surface area contributed by atoms with E-state index in [9.17, 15) is 17.6 Å². The number of halogens is 4. The van der Waals surface area contributed by atoms with E-state index in [-0.39, 0.29) is 11.4 Å². The van der Waals surface area contributed by atoms with Gasteiger partial charge in [0.05, 0.1) is 11.4 Å². The number of anilines is 1. The van der Waals surface area contributed by atoms with Crippen molar-refractivity contribution in [2.75, 3.05) is 5.73 Å². The Morgan fingerprint density at radius 1 is 1.18 bits per heavy atom. The molecule has 0 aliphatic heterocycles. The Kier molecular flexibility index (Phi) is 2.53. The molecule has 1 aromatic heterocycles. The lowest BCUT2D eigenvalue weighted by Crippen LogP contribution is -2.08. The van der Waals surface area contributed by atoms with E-state index in [1.807, 2.05) is 0 Å². The summed E-state index contributed by atoms with van der Waals surface area (Å²) >= 11 is 0. The average molecular weight is 245 g/mol. The summed E-state index contributed by atoms with van der Waals surface area (Å²) in [6, 6.07) is 4.19. The van der Waals surface area contributed by atoms with Crippen molar-refractivity contribution in [3.8, 4) is 5.69 Å². The molecule has 2 rings (SSSR count). The van der Waals surface area contributed by atoms with Crippen LogP contribution < -0.4 is 5.73 Å². The fraction of sp³-hybridized carbons (Fsp3) is 0.100. The summed E-state index contributed by atoms with van der Waals surface area (Å²) in [5, 5.41) is 3.30. The van der Waals surface area contributed by atoms with Crippen molar-refractivity contribution in [3.63, 3.8) is 0 Å². The van der Waals surface area contributed by atoms with Gasteiger partial charge in [-0.15, -0.1) is 0 Å². The van der Waals surface area contributed by atoms with Crippen LogP contribution in [0.2, 0.25) is 0 Å². The second-order valence-corrected chi connectivity index (χ2v) is 3.35. The number of alkyl halides is 3. The van der Waals surface area contributed by atoms with Crippen LogP contribution in [0.1, 0.15) is 5.69 Å². The van der Waals surface area contributed by atoms with Gasteiger partial charge in [0.15, 0.2) is 5.69 Å². The summed E-state index contributed by atoms with van der Waals surface area (Å²) in [7, 11) is 0. The van der Waals surface area contributed by atoms with Crippen LogP contribution in [0.3, 0.4) is 0 Å². The summed E-state index contributed by atoms with van der Waals surface area (Å²) in [6.45, 7) is 0. The van der Waals surface area contributed by atoms with Gasteiger partial charge in [-0.05, 0) is 18.2 Å². The highest BCUT2D eigenvalue weighted by atomic mass is 19.4. The van der Waals surface area contributed by atoms with Crippen LogP contribution in [0.4, 0.5) is 23.2 Å². The average Bonchev–Trinajstić information content (AvgIpc) is 2.70. The quantitative estimate of drug-likeness (QED) is 0.620. The van der Waals surface area contributed by atoms with Crippen LogP contribution in [-0.2, 0) is 6.18 Å². The van der Waals surface area contributed by atoms with E-state index in [2.05, 4.69) is 5.10 Å². The van der Waals surface area contributed by atoms with E-state index in [4.69, 9.17) is 5.73 Å². The summed E-state index contributed by atoms with van der Waals surface area (Å²) < 4.78 is 50.8. The van der Waals surface area contributed by atoms with E-state index >= 15 is 0 Å². The number of hydrogen-bond acceptors (Lipinski definition) is 2. The molecule has 7 heteroatoms. The highest BCUT2D eigenvalue weighted by molar-refractivity contribution is 5.57. The normalized spacial score (nSPS) is 11.8. The first-order valence-corrected chi connectivity index (χ1v) is 4.56. The second kappa shape index (κ2) is 3.76. The van der Waals surface area contributed by atoms with Crippen molar-refractivity contribution in [3.05, 3.63) is 42.0 Å². The molecule has 1 heterocycles. The van der Waals surface area contributed by atoms with Crippen molar-refractivity contribution < 1.29 is 17.6 Å². The molecule has 0 unspecified atom stereocenters. The maximum Gasteiger partial charge on any atom is 0.435 e. The maximum absolute atomic E-state index is 13.0. The monoisotopic (exact) mass is 245 g/mol. The Morgan fingerprint density at radius 3 is 2.47 bits per heavy atom. The molecule has 0 aliphatic carbocycles. The molecule has 1 aromatic carbocycles. The van der Waals surface area contributed by atoms with Crippen LogP contribution in [0.5, 0.6) is 0 Å². The number of aromatic nitrogens is 2. The zero-order valence-electron chi connectivity index (χ0n) is 8.37. The topological polar surface area (TPSA) is 43.8 Å². The van der Waals surface area contributed by atoms with Gasteiger partial charge in [0, 0.05) is 12.3 Å². The molecule has 0 radical (unpaired) electrons. The highest BCUT2D eigenvalue weighted by Crippen LogP contribution is 2.28. The van der Waals surface area contributed by atoms with Crippen molar-refractivity contribution in [2.45, 2.75) is 6.18 Å². The van der Waals surface area contributed by atoms with Crippen molar-refractivity contribution in [1.29, 1.82) is 0 Å². The molecule has 0 bridgehead atoms. The van der Waals surface area contributed by atoms with Crippen molar-refractivity contribution in [2.24, 2.45) is 0 Å². The minimum Gasteiger partial charge on any atom is -0.397 e. The van der Waals surface area contributed by atoms with Gasteiger partial charge >= 0.3 is 6.18 Å². The molecule has 0 fully saturated rings. The van der Waals surface area contributed by atoms with Crippen molar-refractivity contribution in [1.82, 2.24) is 9.78 Å². The highest BCUT2D eigenvalue weighted by Gasteiger charge is 2.33. The first-order valence-electron chi connectivity index (χ1n) is 4.56. The Hall–Kier alpha value is -2.05. The lowest BCUT2D eigenvalue weighted by Gasteiger charge is -2.06. The summed E-state index contributed by atoms with van der Waals surface area (Å²) in [5.41, 5.74) is 4.69. The minimum absolute atomic E-state index is 0.0699. The van der Waals surface area contributed by atoms with Gasteiger partial charge in [-0.2, -0.15) is 18.3 Å². The molecule has 0 spiro atoms. The van der Waals surface area contributed by atoms with Gasteiger partial charge in [-0.3, -0.25) is 0 Å².